The summed E-state index contributed by atoms with van der Waals surface area (Å²) in [4.78, 5) is 21.7. The molecule has 0 spiro atoms. The second kappa shape index (κ2) is 5.25. The molecular weight excluding hydrogens is 276 g/mol. The van der Waals surface area contributed by atoms with E-state index < -0.39 is 0 Å². The first-order valence-electron chi connectivity index (χ1n) is 7.90. The van der Waals surface area contributed by atoms with Crippen molar-refractivity contribution >= 4 is 28.3 Å². The summed E-state index contributed by atoms with van der Waals surface area (Å²) in [6, 6.07) is 4.49. The monoisotopic (exact) mass is 296 g/mol. The van der Waals surface area contributed by atoms with Gasteiger partial charge in [0.15, 0.2) is 0 Å². The number of pyridine rings is 1. The van der Waals surface area contributed by atoms with Crippen molar-refractivity contribution in [1.82, 2.24) is 14.9 Å². The number of hydrogen-bond acceptors (Lipinski definition) is 3. The van der Waals surface area contributed by atoms with Crippen LogP contribution in [0.4, 0.5) is 5.82 Å². The molecule has 1 unspecified atom stereocenters. The van der Waals surface area contributed by atoms with Gasteiger partial charge in [-0.2, -0.15) is 0 Å². The summed E-state index contributed by atoms with van der Waals surface area (Å²) in [6.45, 7) is 3.77. The Labute approximate surface area is 129 Å². The van der Waals surface area contributed by atoms with Crippen LogP contribution in [-0.2, 0) is 4.79 Å². The van der Waals surface area contributed by atoms with E-state index >= 15 is 0 Å². The van der Waals surface area contributed by atoms with Gasteiger partial charge in [0.05, 0.1) is 11.0 Å². The average Bonchev–Trinajstić information content (AvgIpc) is 3.11. The number of hydrogen-bond donors (Lipinski definition) is 2. The van der Waals surface area contributed by atoms with E-state index in [1.165, 1.54) is 37.4 Å². The Morgan fingerprint density at radius 2 is 2.36 bits per heavy atom. The molecule has 114 valence electrons. The van der Waals surface area contributed by atoms with E-state index in [1.807, 2.05) is 18.3 Å². The lowest BCUT2D eigenvalue weighted by molar-refractivity contribution is -0.114. The van der Waals surface area contributed by atoms with Crippen molar-refractivity contribution in [3.8, 4) is 0 Å². The molecule has 5 nitrogen and oxygen atoms in total. The molecule has 0 aromatic carbocycles. The Hall–Kier alpha value is -2.14. The van der Waals surface area contributed by atoms with Crippen molar-refractivity contribution in [2.24, 2.45) is 0 Å². The van der Waals surface area contributed by atoms with Crippen LogP contribution in [0.1, 0.15) is 31.7 Å². The highest BCUT2D eigenvalue weighted by Gasteiger charge is 2.28. The Kier molecular flexibility index (Phi) is 3.22. The predicted octanol–water partition coefficient (Wildman–Crippen LogP) is 2.77. The van der Waals surface area contributed by atoms with Gasteiger partial charge in [-0.15, -0.1) is 0 Å². The summed E-state index contributed by atoms with van der Waals surface area (Å²) in [7, 11) is 0. The average molecular weight is 296 g/mol. The van der Waals surface area contributed by atoms with Crippen LogP contribution in [-0.4, -0.2) is 39.9 Å². The topological polar surface area (TPSA) is 61.0 Å². The van der Waals surface area contributed by atoms with Gasteiger partial charge >= 0.3 is 0 Å². The highest BCUT2D eigenvalue weighted by atomic mass is 16.1. The molecule has 22 heavy (non-hydrogen) atoms. The van der Waals surface area contributed by atoms with E-state index in [2.05, 4.69) is 26.3 Å². The SMILES string of the molecule is CC(=O)Nc1ccc2[nH]cc(C3=CCN4CCCC4C3)c2n1. The standard InChI is InChI=1S/C17H20N4O/c1-11(22)19-16-5-4-15-17(20-16)14(10-18-15)12-6-8-21-7-2-3-13(21)9-12/h4-6,10,13,18H,2-3,7-9H2,1H3,(H,19,20,22). The molecule has 2 N–H and O–H groups in total. The second-order valence-corrected chi connectivity index (χ2v) is 6.20. The summed E-state index contributed by atoms with van der Waals surface area (Å²) in [6.07, 6.45) is 8.08. The van der Waals surface area contributed by atoms with Crippen molar-refractivity contribution in [3.05, 3.63) is 30.0 Å². The molecule has 0 bridgehead atoms. The molecule has 0 saturated carbocycles. The van der Waals surface area contributed by atoms with Gasteiger partial charge in [-0.05, 0) is 43.5 Å². The number of nitrogens with zero attached hydrogens (tertiary/aromatic N) is 2. The quantitative estimate of drug-likeness (QED) is 0.896. The van der Waals surface area contributed by atoms with Gasteiger partial charge in [-0.25, -0.2) is 4.98 Å². The fourth-order valence-corrected chi connectivity index (χ4v) is 3.65. The van der Waals surface area contributed by atoms with Crippen molar-refractivity contribution in [1.29, 1.82) is 0 Å². The summed E-state index contributed by atoms with van der Waals surface area (Å²) < 4.78 is 0. The zero-order valence-electron chi connectivity index (χ0n) is 12.7. The Balaban J connectivity index is 1.70. The molecule has 1 amide bonds. The number of carbonyl (C=O) groups is 1. The van der Waals surface area contributed by atoms with Gasteiger partial charge in [0.1, 0.15) is 5.82 Å². The number of rotatable bonds is 2. The largest absolute Gasteiger partial charge is 0.359 e. The molecule has 1 fully saturated rings. The maximum Gasteiger partial charge on any atom is 0.222 e. The van der Waals surface area contributed by atoms with E-state index in [0.717, 1.165) is 24.0 Å². The minimum atomic E-state index is -0.0950. The molecule has 4 rings (SSSR count). The summed E-state index contributed by atoms with van der Waals surface area (Å²) in [5, 5.41) is 2.76. The number of anilines is 1. The number of carbonyl (C=O) groups excluding carboxylic acids is 1. The van der Waals surface area contributed by atoms with E-state index in [4.69, 9.17) is 0 Å². The Morgan fingerprint density at radius 3 is 3.23 bits per heavy atom. The molecule has 5 heteroatoms. The highest BCUT2D eigenvalue weighted by Crippen LogP contribution is 2.34. The zero-order chi connectivity index (χ0) is 15.1. The lowest BCUT2D eigenvalue weighted by atomic mass is 9.95. The number of nitrogens with one attached hydrogen (secondary N) is 2. The van der Waals surface area contributed by atoms with E-state index in [0.29, 0.717) is 11.9 Å². The van der Waals surface area contributed by atoms with E-state index in [-0.39, 0.29) is 5.91 Å². The number of fused-ring (bicyclic) bond motifs is 2. The Morgan fingerprint density at radius 1 is 1.45 bits per heavy atom. The van der Waals surface area contributed by atoms with Crippen LogP contribution < -0.4 is 5.32 Å². The third kappa shape index (κ3) is 2.31. The van der Waals surface area contributed by atoms with Crippen LogP contribution in [0.3, 0.4) is 0 Å². The van der Waals surface area contributed by atoms with Crippen molar-refractivity contribution in [2.45, 2.75) is 32.2 Å². The Bertz CT molecular complexity index is 761. The molecule has 2 aliphatic heterocycles. The van der Waals surface area contributed by atoms with Gasteiger partial charge in [0.2, 0.25) is 5.91 Å². The van der Waals surface area contributed by atoms with Gasteiger partial charge in [-0.3, -0.25) is 9.69 Å². The predicted molar refractivity (Wildman–Crippen MR) is 87.6 cm³/mol. The molecule has 0 radical (unpaired) electrons. The third-order valence-corrected chi connectivity index (χ3v) is 4.70. The van der Waals surface area contributed by atoms with Gasteiger partial charge in [0, 0.05) is 31.3 Å². The highest BCUT2D eigenvalue weighted by molar-refractivity contribution is 5.93. The van der Waals surface area contributed by atoms with Crippen LogP contribution in [0.15, 0.2) is 24.4 Å². The van der Waals surface area contributed by atoms with Gasteiger partial charge < -0.3 is 10.3 Å². The maximum atomic E-state index is 11.2. The van der Waals surface area contributed by atoms with Crippen molar-refractivity contribution in [3.63, 3.8) is 0 Å². The summed E-state index contributed by atoms with van der Waals surface area (Å²) >= 11 is 0. The smallest absolute Gasteiger partial charge is 0.222 e. The minimum absolute atomic E-state index is 0.0950. The normalized spacial score (nSPS) is 21.7. The maximum absolute atomic E-state index is 11.2. The molecular formula is C17H20N4O. The first-order valence-corrected chi connectivity index (χ1v) is 7.90. The van der Waals surface area contributed by atoms with Crippen LogP contribution in [0.2, 0.25) is 0 Å². The van der Waals surface area contributed by atoms with E-state index in [9.17, 15) is 4.79 Å². The minimum Gasteiger partial charge on any atom is -0.359 e. The van der Waals surface area contributed by atoms with Gasteiger partial charge in [-0.1, -0.05) is 6.08 Å². The first kappa shape index (κ1) is 13.5. The van der Waals surface area contributed by atoms with E-state index in [1.54, 1.807) is 0 Å². The molecule has 4 heterocycles. The van der Waals surface area contributed by atoms with Crippen molar-refractivity contribution < 1.29 is 4.79 Å². The van der Waals surface area contributed by atoms with Crippen LogP contribution >= 0.6 is 0 Å². The molecule has 2 aromatic rings. The second-order valence-electron chi connectivity index (χ2n) is 6.20. The molecule has 1 saturated heterocycles. The van der Waals surface area contributed by atoms with Crippen molar-refractivity contribution in [2.75, 3.05) is 18.4 Å². The lowest BCUT2D eigenvalue weighted by Crippen LogP contribution is -2.32. The molecule has 2 aliphatic rings. The molecule has 0 aliphatic carbocycles. The fraction of sp³-hybridized carbons (Fsp3) is 0.412. The number of amides is 1. The molecule has 1 atom stereocenters. The molecule has 2 aromatic heterocycles. The zero-order valence-corrected chi connectivity index (χ0v) is 12.7. The van der Waals surface area contributed by atoms with Crippen LogP contribution in [0.5, 0.6) is 0 Å². The number of aromatic amines is 1. The third-order valence-electron chi connectivity index (χ3n) is 4.70. The lowest BCUT2D eigenvalue weighted by Gasteiger charge is -2.28. The van der Waals surface area contributed by atoms with Crippen LogP contribution in [0.25, 0.3) is 16.6 Å². The van der Waals surface area contributed by atoms with Gasteiger partial charge in [0.25, 0.3) is 0 Å². The van der Waals surface area contributed by atoms with Crippen LogP contribution in [0, 0.1) is 0 Å². The summed E-state index contributed by atoms with van der Waals surface area (Å²) in [5.41, 5.74) is 4.51. The number of aromatic nitrogens is 2. The summed E-state index contributed by atoms with van der Waals surface area (Å²) in [5.74, 6) is 0.516. The fourth-order valence-electron chi connectivity index (χ4n) is 3.65. The first-order chi connectivity index (χ1) is 10.7. The number of H-pyrrole nitrogens is 1.